The van der Waals surface area contributed by atoms with E-state index in [4.69, 9.17) is 0 Å². The maximum Gasteiger partial charge on any atom is 0.270 e. The van der Waals surface area contributed by atoms with Gasteiger partial charge in [-0.3, -0.25) is 14.4 Å². The molecule has 7 nitrogen and oxygen atoms in total. The smallest absolute Gasteiger partial charge is 0.270 e. The number of aromatic amines is 1. The average Bonchev–Trinajstić information content (AvgIpc) is 3.13. The van der Waals surface area contributed by atoms with Crippen LogP contribution in [0.5, 0.6) is 0 Å². The minimum absolute atomic E-state index is 0.0989. The Hall–Kier alpha value is -2.48. The molecule has 1 aliphatic rings. The number of carbonyl (C=O) groups excluding carboxylic acids is 3. The summed E-state index contributed by atoms with van der Waals surface area (Å²) in [5.74, 6) is -0.249. The standard InChI is InChI=1S/C18H19BrN4O3/c1-11(24)13-7-15(20-8-13)18(26)23-6-2-3-12(10-23)17(25)22-16-5-4-14(19)9-21-16/h4-5,7-9,12,20H,2-3,6,10H2,1H3,(H,21,22,25). The predicted molar refractivity (Wildman–Crippen MR) is 100.0 cm³/mol. The van der Waals surface area contributed by atoms with E-state index < -0.39 is 0 Å². The van der Waals surface area contributed by atoms with Crippen molar-refractivity contribution >= 4 is 39.3 Å². The van der Waals surface area contributed by atoms with E-state index >= 15 is 0 Å². The van der Waals surface area contributed by atoms with Crippen molar-refractivity contribution in [2.24, 2.45) is 5.92 Å². The van der Waals surface area contributed by atoms with Crippen LogP contribution >= 0.6 is 15.9 Å². The SMILES string of the molecule is CC(=O)c1c[nH]c(C(=O)N2CCCC(C(=O)Nc3ccc(Br)cn3)C2)c1. The van der Waals surface area contributed by atoms with E-state index in [9.17, 15) is 14.4 Å². The highest BCUT2D eigenvalue weighted by Crippen LogP contribution is 2.21. The summed E-state index contributed by atoms with van der Waals surface area (Å²) in [6.45, 7) is 2.39. The van der Waals surface area contributed by atoms with E-state index in [-0.39, 0.29) is 23.5 Å². The van der Waals surface area contributed by atoms with Crippen molar-refractivity contribution < 1.29 is 14.4 Å². The number of hydrogen-bond acceptors (Lipinski definition) is 4. The second-order valence-corrected chi connectivity index (χ2v) is 7.22. The number of rotatable bonds is 4. The van der Waals surface area contributed by atoms with E-state index in [0.29, 0.717) is 30.2 Å². The van der Waals surface area contributed by atoms with Crippen LogP contribution in [0.4, 0.5) is 5.82 Å². The summed E-state index contributed by atoms with van der Waals surface area (Å²) in [6.07, 6.45) is 4.61. The van der Waals surface area contributed by atoms with Crippen LogP contribution in [0.1, 0.15) is 40.6 Å². The van der Waals surface area contributed by atoms with Gasteiger partial charge in [0.1, 0.15) is 11.5 Å². The lowest BCUT2D eigenvalue weighted by atomic mass is 9.97. The fraction of sp³-hybridized carbons (Fsp3) is 0.333. The van der Waals surface area contributed by atoms with Gasteiger partial charge in [-0.25, -0.2) is 4.98 Å². The Kier molecular flexibility index (Phi) is 5.51. The summed E-state index contributed by atoms with van der Waals surface area (Å²) >= 11 is 3.30. The van der Waals surface area contributed by atoms with Crippen molar-refractivity contribution in [3.8, 4) is 0 Å². The van der Waals surface area contributed by atoms with Gasteiger partial charge in [-0.05, 0) is 53.9 Å². The molecule has 0 aliphatic carbocycles. The number of likely N-dealkylation sites (tertiary alicyclic amines) is 1. The quantitative estimate of drug-likeness (QED) is 0.746. The maximum absolute atomic E-state index is 12.6. The number of nitrogens with one attached hydrogen (secondary N) is 2. The molecule has 3 heterocycles. The highest BCUT2D eigenvalue weighted by atomic mass is 79.9. The molecule has 8 heteroatoms. The van der Waals surface area contributed by atoms with Gasteiger partial charge in [0, 0.05) is 35.5 Å². The number of anilines is 1. The Bertz CT molecular complexity index is 831. The largest absolute Gasteiger partial charge is 0.356 e. The number of amides is 2. The molecule has 0 spiro atoms. The fourth-order valence-electron chi connectivity index (χ4n) is 2.95. The predicted octanol–water partition coefficient (Wildman–Crippen LogP) is 2.87. The summed E-state index contributed by atoms with van der Waals surface area (Å²) in [5.41, 5.74) is 0.840. The highest BCUT2D eigenvalue weighted by Gasteiger charge is 2.29. The summed E-state index contributed by atoms with van der Waals surface area (Å²) in [4.78, 5) is 45.2. The van der Waals surface area contributed by atoms with Gasteiger partial charge in [0.05, 0.1) is 5.92 Å². The Morgan fingerprint density at radius 1 is 1.35 bits per heavy atom. The molecule has 3 rings (SSSR count). The molecule has 1 unspecified atom stereocenters. The Morgan fingerprint density at radius 2 is 2.15 bits per heavy atom. The normalized spacial score (nSPS) is 17.0. The minimum atomic E-state index is -0.291. The number of ketones is 1. The maximum atomic E-state index is 12.6. The van der Waals surface area contributed by atoms with Gasteiger partial charge in [0.25, 0.3) is 5.91 Å². The molecule has 0 saturated carbocycles. The second-order valence-electron chi connectivity index (χ2n) is 6.30. The van der Waals surface area contributed by atoms with E-state index in [1.165, 1.54) is 13.1 Å². The molecular weight excluding hydrogens is 400 g/mol. The van der Waals surface area contributed by atoms with Gasteiger partial charge in [0.2, 0.25) is 5.91 Å². The van der Waals surface area contributed by atoms with Gasteiger partial charge >= 0.3 is 0 Å². The van der Waals surface area contributed by atoms with Crippen molar-refractivity contribution in [1.82, 2.24) is 14.9 Å². The highest BCUT2D eigenvalue weighted by molar-refractivity contribution is 9.10. The van der Waals surface area contributed by atoms with E-state index in [1.807, 2.05) is 0 Å². The minimum Gasteiger partial charge on any atom is -0.356 e. The molecule has 0 radical (unpaired) electrons. The van der Waals surface area contributed by atoms with Crippen LogP contribution in [-0.4, -0.2) is 45.6 Å². The van der Waals surface area contributed by atoms with E-state index in [0.717, 1.165) is 17.3 Å². The fourth-order valence-corrected chi connectivity index (χ4v) is 3.18. The molecule has 1 fully saturated rings. The van der Waals surface area contributed by atoms with Crippen LogP contribution in [0.25, 0.3) is 0 Å². The van der Waals surface area contributed by atoms with Gasteiger partial charge in [-0.1, -0.05) is 0 Å². The summed E-state index contributed by atoms with van der Waals surface area (Å²) < 4.78 is 0.834. The van der Waals surface area contributed by atoms with Crippen LogP contribution in [0, 0.1) is 5.92 Å². The summed E-state index contributed by atoms with van der Waals surface area (Å²) in [6, 6.07) is 5.08. The number of carbonyl (C=O) groups is 3. The molecule has 26 heavy (non-hydrogen) atoms. The first-order valence-electron chi connectivity index (χ1n) is 8.35. The van der Waals surface area contributed by atoms with E-state index in [2.05, 4.69) is 31.2 Å². The second kappa shape index (κ2) is 7.82. The van der Waals surface area contributed by atoms with Crippen LogP contribution in [0.2, 0.25) is 0 Å². The number of H-pyrrole nitrogens is 1. The first kappa shape index (κ1) is 18.3. The third-order valence-electron chi connectivity index (χ3n) is 4.38. The summed E-state index contributed by atoms with van der Waals surface area (Å²) in [5, 5.41) is 2.80. The molecule has 0 bridgehead atoms. The summed E-state index contributed by atoms with van der Waals surface area (Å²) in [7, 11) is 0. The van der Waals surface area contributed by atoms with E-state index in [1.54, 1.807) is 29.3 Å². The number of hydrogen-bond donors (Lipinski definition) is 2. The van der Waals surface area contributed by atoms with Gasteiger partial charge in [-0.15, -0.1) is 0 Å². The molecule has 1 aliphatic heterocycles. The third kappa shape index (κ3) is 4.19. The molecule has 1 atom stereocenters. The van der Waals surface area contributed by atoms with Crippen LogP contribution < -0.4 is 5.32 Å². The lowest BCUT2D eigenvalue weighted by molar-refractivity contribution is -0.121. The molecule has 136 valence electrons. The van der Waals surface area contributed by atoms with Gasteiger partial charge < -0.3 is 15.2 Å². The Labute approximate surface area is 159 Å². The monoisotopic (exact) mass is 418 g/mol. The number of Topliss-reactive ketones (excluding diaryl/α,β-unsaturated/α-hetero) is 1. The van der Waals surface area contributed by atoms with Crippen molar-refractivity contribution in [2.45, 2.75) is 19.8 Å². The number of halogens is 1. The third-order valence-corrected chi connectivity index (χ3v) is 4.85. The first-order chi connectivity index (χ1) is 12.4. The zero-order valence-electron chi connectivity index (χ0n) is 14.3. The molecule has 2 aromatic rings. The van der Waals surface area contributed by atoms with Crippen molar-refractivity contribution in [3.63, 3.8) is 0 Å². The molecule has 1 saturated heterocycles. The topological polar surface area (TPSA) is 95.2 Å². The number of pyridine rings is 1. The number of nitrogens with zero attached hydrogens (tertiary/aromatic N) is 2. The van der Waals surface area contributed by atoms with Crippen LogP contribution in [-0.2, 0) is 4.79 Å². The zero-order valence-corrected chi connectivity index (χ0v) is 15.9. The first-order valence-corrected chi connectivity index (χ1v) is 9.14. The van der Waals surface area contributed by atoms with Crippen LogP contribution in [0.15, 0.2) is 35.1 Å². The lowest BCUT2D eigenvalue weighted by Crippen LogP contribution is -2.44. The Balaban J connectivity index is 1.64. The van der Waals surface area contributed by atoms with Crippen molar-refractivity contribution in [1.29, 1.82) is 0 Å². The van der Waals surface area contributed by atoms with Crippen molar-refractivity contribution in [3.05, 3.63) is 46.3 Å². The number of aromatic nitrogens is 2. The van der Waals surface area contributed by atoms with Gasteiger partial charge in [0.15, 0.2) is 5.78 Å². The Morgan fingerprint density at radius 3 is 2.81 bits per heavy atom. The number of piperidine rings is 1. The molecule has 2 aromatic heterocycles. The molecule has 2 N–H and O–H groups in total. The zero-order chi connectivity index (χ0) is 18.7. The van der Waals surface area contributed by atoms with Crippen LogP contribution in [0.3, 0.4) is 0 Å². The van der Waals surface area contributed by atoms with Gasteiger partial charge in [-0.2, -0.15) is 0 Å². The molecule has 0 aromatic carbocycles. The average molecular weight is 419 g/mol. The molecule has 2 amide bonds. The molecular formula is C18H19BrN4O3. The lowest BCUT2D eigenvalue weighted by Gasteiger charge is -2.31. The van der Waals surface area contributed by atoms with Crippen molar-refractivity contribution in [2.75, 3.05) is 18.4 Å².